The second-order valence-electron chi connectivity index (χ2n) is 4.82. The standard InChI is InChI=1S/C13H23N3O/c1-5-6-10(4)15-13(17)12-7-11(14)8-16(12)9(2)3/h7-10H,5-6,14H2,1-4H3,(H,15,17). The Labute approximate surface area is 103 Å². The van der Waals surface area contributed by atoms with Gasteiger partial charge in [-0.1, -0.05) is 13.3 Å². The van der Waals surface area contributed by atoms with E-state index in [0.717, 1.165) is 12.8 Å². The number of rotatable bonds is 5. The van der Waals surface area contributed by atoms with Gasteiger partial charge in [0.1, 0.15) is 5.69 Å². The highest BCUT2D eigenvalue weighted by molar-refractivity contribution is 5.94. The lowest BCUT2D eigenvalue weighted by atomic mass is 10.2. The number of carbonyl (C=O) groups excluding carboxylic acids is 1. The van der Waals surface area contributed by atoms with Crippen LogP contribution in [0.15, 0.2) is 12.3 Å². The van der Waals surface area contributed by atoms with Gasteiger partial charge in [0.15, 0.2) is 0 Å². The molecule has 0 bridgehead atoms. The van der Waals surface area contributed by atoms with E-state index in [1.165, 1.54) is 0 Å². The normalized spacial score (nSPS) is 12.8. The molecule has 0 aliphatic carbocycles. The van der Waals surface area contributed by atoms with Crippen LogP contribution >= 0.6 is 0 Å². The van der Waals surface area contributed by atoms with E-state index < -0.39 is 0 Å². The van der Waals surface area contributed by atoms with E-state index in [0.29, 0.717) is 11.4 Å². The van der Waals surface area contributed by atoms with Crippen molar-refractivity contribution in [3.63, 3.8) is 0 Å². The first kappa shape index (κ1) is 13.6. The SMILES string of the molecule is CCCC(C)NC(=O)c1cc(N)cn1C(C)C. The van der Waals surface area contributed by atoms with Crippen molar-refractivity contribution < 1.29 is 4.79 Å². The van der Waals surface area contributed by atoms with Crippen LogP contribution in [0.3, 0.4) is 0 Å². The smallest absolute Gasteiger partial charge is 0.268 e. The highest BCUT2D eigenvalue weighted by atomic mass is 16.2. The van der Waals surface area contributed by atoms with E-state index in [1.54, 1.807) is 6.07 Å². The van der Waals surface area contributed by atoms with E-state index in [1.807, 2.05) is 31.5 Å². The zero-order valence-electron chi connectivity index (χ0n) is 11.2. The summed E-state index contributed by atoms with van der Waals surface area (Å²) >= 11 is 0. The van der Waals surface area contributed by atoms with Crippen LogP contribution in [0.25, 0.3) is 0 Å². The van der Waals surface area contributed by atoms with Crippen LogP contribution in [-0.4, -0.2) is 16.5 Å². The monoisotopic (exact) mass is 237 g/mol. The number of nitrogen functional groups attached to an aromatic ring is 1. The quantitative estimate of drug-likeness (QED) is 0.826. The molecule has 1 aromatic heterocycles. The van der Waals surface area contributed by atoms with E-state index in [9.17, 15) is 4.79 Å². The van der Waals surface area contributed by atoms with Crippen LogP contribution < -0.4 is 11.1 Å². The molecule has 1 atom stereocenters. The van der Waals surface area contributed by atoms with E-state index in [4.69, 9.17) is 5.73 Å². The molecule has 1 amide bonds. The van der Waals surface area contributed by atoms with Gasteiger partial charge in [-0.05, 0) is 33.3 Å². The molecule has 0 spiro atoms. The summed E-state index contributed by atoms with van der Waals surface area (Å²) in [5.41, 5.74) is 7.01. The highest BCUT2D eigenvalue weighted by Gasteiger charge is 2.16. The molecule has 0 fully saturated rings. The van der Waals surface area contributed by atoms with Gasteiger partial charge >= 0.3 is 0 Å². The van der Waals surface area contributed by atoms with Gasteiger partial charge in [-0.25, -0.2) is 0 Å². The van der Waals surface area contributed by atoms with Gasteiger partial charge in [-0.15, -0.1) is 0 Å². The molecule has 0 saturated carbocycles. The molecule has 0 saturated heterocycles. The van der Waals surface area contributed by atoms with Crippen LogP contribution in [0, 0.1) is 0 Å². The number of carbonyl (C=O) groups is 1. The van der Waals surface area contributed by atoms with E-state index in [2.05, 4.69) is 12.2 Å². The fourth-order valence-corrected chi connectivity index (χ4v) is 1.91. The molecular formula is C13H23N3O. The summed E-state index contributed by atoms with van der Waals surface area (Å²) in [5, 5.41) is 2.99. The number of anilines is 1. The largest absolute Gasteiger partial charge is 0.397 e. The third-order valence-electron chi connectivity index (χ3n) is 2.76. The van der Waals surface area contributed by atoms with Crippen molar-refractivity contribution in [1.29, 1.82) is 0 Å². The second-order valence-corrected chi connectivity index (χ2v) is 4.82. The second kappa shape index (κ2) is 5.75. The first-order valence-electron chi connectivity index (χ1n) is 6.23. The zero-order valence-corrected chi connectivity index (χ0v) is 11.2. The Morgan fingerprint density at radius 1 is 1.47 bits per heavy atom. The van der Waals surface area contributed by atoms with Crippen LogP contribution in [-0.2, 0) is 0 Å². The lowest BCUT2D eigenvalue weighted by molar-refractivity contribution is 0.0927. The number of amides is 1. The Kier molecular flexibility index (Phi) is 4.61. The number of hydrogen-bond acceptors (Lipinski definition) is 2. The van der Waals surface area contributed by atoms with Gasteiger partial charge in [-0.3, -0.25) is 4.79 Å². The molecule has 1 unspecified atom stereocenters. The van der Waals surface area contributed by atoms with E-state index in [-0.39, 0.29) is 18.0 Å². The summed E-state index contributed by atoms with van der Waals surface area (Å²) < 4.78 is 1.91. The Bertz CT molecular complexity index is 382. The summed E-state index contributed by atoms with van der Waals surface area (Å²) in [6.45, 7) is 8.20. The minimum Gasteiger partial charge on any atom is -0.397 e. The lowest BCUT2D eigenvalue weighted by Crippen LogP contribution is -2.33. The van der Waals surface area contributed by atoms with Crippen molar-refractivity contribution >= 4 is 11.6 Å². The summed E-state index contributed by atoms with van der Waals surface area (Å²) in [5.74, 6) is -0.0450. The minimum absolute atomic E-state index is 0.0450. The summed E-state index contributed by atoms with van der Waals surface area (Å²) in [6.07, 6.45) is 3.86. The Morgan fingerprint density at radius 3 is 2.65 bits per heavy atom. The maximum absolute atomic E-state index is 12.1. The van der Waals surface area contributed by atoms with Crippen molar-refractivity contribution in [3.8, 4) is 0 Å². The predicted octanol–water partition coefficient (Wildman–Crippen LogP) is 2.57. The summed E-state index contributed by atoms with van der Waals surface area (Å²) in [4.78, 5) is 12.1. The molecule has 1 aromatic rings. The fraction of sp³-hybridized carbons (Fsp3) is 0.615. The molecule has 17 heavy (non-hydrogen) atoms. The Hall–Kier alpha value is -1.45. The van der Waals surface area contributed by atoms with Crippen molar-refractivity contribution in [1.82, 2.24) is 9.88 Å². The molecule has 96 valence electrons. The van der Waals surface area contributed by atoms with Gasteiger partial charge in [-0.2, -0.15) is 0 Å². The molecule has 0 aliphatic rings. The van der Waals surface area contributed by atoms with Crippen molar-refractivity contribution in [2.75, 3.05) is 5.73 Å². The summed E-state index contributed by atoms with van der Waals surface area (Å²) in [6, 6.07) is 2.16. The first-order valence-corrected chi connectivity index (χ1v) is 6.23. The fourth-order valence-electron chi connectivity index (χ4n) is 1.91. The van der Waals surface area contributed by atoms with E-state index >= 15 is 0 Å². The maximum atomic E-state index is 12.1. The molecule has 4 heteroatoms. The number of nitrogens with one attached hydrogen (secondary N) is 1. The molecular weight excluding hydrogens is 214 g/mol. The van der Waals surface area contributed by atoms with Gasteiger partial charge in [0.25, 0.3) is 5.91 Å². The number of aromatic nitrogens is 1. The number of nitrogens with two attached hydrogens (primary N) is 1. The maximum Gasteiger partial charge on any atom is 0.268 e. The molecule has 4 nitrogen and oxygen atoms in total. The Morgan fingerprint density at radius 2 is 2.12 bits per heavy atom. The average Bonchev–Trinajstić information content (AvgIpc) is 2.60. The molecule has 0 radical (unpaired) electrons. The van der Waals surface area contributed by atoms with Crippen molar-refractivity contribution in [3.05, 3.63) is 18.0 Å². The van der Waals surface area contributed by atoms with Gasteiger partial charge in [0.2, 0.25) is 0 Å². The van der Waals surface area contributed by atoms with Crippen molar-refractivity contribution in [2.45, 2.75) is 52.6 Å². The van der Waals surface area contributed by atoms with Crippen LogP contribution in [0.5, 0.6) is 0 Å². The van der Waals surface area contributed by atoms with Crippen molar-refractivity contribution in [2.24, 2.45) is 0 Å². The molecule has 0 aliphatic heterocycles. The third kappa shape index (κ3) is 3.51. The third-order valence-corrected chi connectivity index (χ3v) is 2.76. The van der Waals surface area contributed by atoms with Gasteiger partial charge < -0.3 is 15.6 Å². The van der Waals surface area contributed by atoms with Gasteiger partial charge in [0.05, 0.1) is 5.69 Å². The summed E-state index contributed by atoms with van der Waals surface area (Å²) in [7, 11) is 0. The molecule has 3 N–H and O–H groups in total. The topological polar surface area (TPSA) is 60.1 Å². The number of nitrogens with zero attached hydrogens (tertiary/aromatic N) is 1. The molecule has 0 aromatic carbocycles. The highest BCUT2D eigenvalue weighted by Crippen LogP contribution is 2.16. The molecule has 1 heterocycles. The van der Waals surface area contributed by atoms with Crippen LogP contribution in [0.1, 0.15) is 57.1 Å². The average molecular weight is 237 g/mol. The van der Waals surface area contributed by atoms with Gasteiger partial charge in [0, 0.05) is 18.3 Å². The Balaban J connectivity index is 2.81. The number of hydrogen-bond donors (Lipinski definition) is 2. The lowest BCUT2D eigenvalue weighted by Gasteiger charge is -2.16. The van der Waals surface area contributed by atoms with Crippen LogP contribution in [0.2, 0.25) is 0 Å². The molecule has 1 rings (SSSR count). The predicted molar refractivity (Wildman–Crippen MR) is 71.1 cm³/mol. The zero-order chi connectivity index (χ0) is 13.0. The van der Waals surface area contributed by atoms with Crippen LogP contribution in [0.4, 0.5) is 5.69 Å². The minimum atomic E-state index is -0.0450. The first-order chi connectivity index (χ1) is 7.95.